The first kappa shape index (κ1) is 27.0. The first-order valence-corrected chi connectivity index (χ1v) is 15.8. The molecule has 2 aliphatic heterocycles. The first-order valence-electron chi connectivity index (χ1n) is 15.8. The number of likely N-dealkylation sites (tertiary alicyclic amines) is 1. The van der Waals surface area contributed by atoms with Gasteiger partial charge >= 0.3 is 0 Å². The molecule has 6 heteroatoms. The molecule has 214 valence electrons. The van der Waals surface area contributed by atoms with E-state index < -0.39 is 0 Å². The molecule has 3 fully saturated rings. The number of benzene rings is 1. The summed E-state index contributed by atoms with van der Waals surface area (Å²) >= 11 is 0. The number of hydrogen-bond acceptors (Lipinski definition) is 5. The van der Waals surface area contributed by atoms with E-state index in [1.54, 1.807) is 13.2 Å². The van der Waals surface area contributed by atoms with Gasteiger partial charge in [0.2, 0.25) is 5.91 Å². The van der Waals surface area contributed by atoms with Crippen LogP contribution in [0.5, 0.6) is 17.2 Å². The van der Waals surface area contributed by atoms with Crippen molar-refractivity contribution in [2.24, 2.45) is 11.8 Å². The van der Waals surface area contributed by atoms with Crippen LogP contribution < -0.4 is 9.47 Å². The lowest BCUT2D eigenvalue weighted by atomic mass is 9.50. The van der Waals surface area contributed by atoms with Crippen molar-refractivity contribution in [3.05, 3.63) is 29.8 Å². The monoisotopic (exact) mass is 536 g/mol. The second-order valence-electron chi connectivity index (χ2n) is 12.8. The molecule has 0 radical (unpaired) electrons. The maximum absolute atomic E-state index is 13.7. The standard InChI is InChI=1S/C33H48N2O4/c1-4-18-34-19-17-33-24-15-16-25(35(5-2)29(37)14-10-9-13-22-11-7-6-8-12-22)32(33)39-31-28(38-3)21-27(36)23(30(31)33)20-26(24)34/h4,21-22,24-26,32,36H,1,5-20H2,2-3H3/t24-,25+,26+,32-,33-/m0/s1. The summed E-state index contributed by atoms with van der Waals surface area (Å²) in [5.74, 6) is 3.36. The predicted octanol–water partition coefficient (Wildman–Crippen LogP) is 5.98. The zero-order chi connectivity index (χ0) is 27.1. The van der Waals surface area contributed by atoms with Gasteiger partial charge in [0, 0.05) is 48.2 Å². The molecule has 1 N–H and O–H groups in total. The molecule has 2 saturated carbocycles. The third-order valence-corrected chi connectivity index (χ3v) is 11.1. The number of ether oxygens (including phenoxy) is 2. The van der Waals surface area contributed by atoms with Gasteiger partial charge < -0.3 is 19.5 Å². The number of aromatic hydroxyl groups is 1. The minimum Gasteiger partial charge on any atom is -0.508 e. The van der Waals surface area contributed by atoms with Gasteiger partial charge in [0.15, 0.2) is 11.5 Å². The van der Waals surface area contributed by atoms with E-state index in [0.29, 0.717) is 36.4 Å². The summed E-state index contributed by atoms with van der Waals surface area (Å²) in [6.45, 7) is 8.71. The summed E-state index contributed by atoms with van der Waals surface area (Å²) in [7, 11) is 1.66. The van der Waals surface area contributed by atoms with E-state index in [9.17, 15) is 9.90 Å². The minimum absolute atomic E-state index is 0.0499. The molecule has 5 atom stereocenters. The Bertz CT molecular complexity index is 1080. The van der Waals surface area contributed by atoms with Crippen LogP contribution in [0.15, 0.2) is 18.7 Å². The van der Waals surface area contributed by atoms with Gasteiger partial charge in [-0.2, -0.15) is 0 Å². The summed E-state index contributed by atoms with van der Waals surface area (Å²) in [4.78, 5) is 18.4. The molecule has 2 bridgehead atoms. The summed E-state index contributed by atoms with van der Waals surface area (Å²) in [5, 5.41) is 11.2. The summed E-state index contributed by atoms with van der Waals surface area (Å²) in [5.41, 5.74) is 2.03. The number of methoxy groups -OCH3 is 1. The Balaban J connectivity index is 1.26. The van der Waals surface area contributed by atoms with Crippen LogP contribution in [0.4, 0.5) is 0 Å². The van der Waals surface area contributed by atoms with Gasteiger partial charge in [-0.1, -0.05) is 51.0 Å². The topological polar surface area (TPSA) is 62.2 Å². The van der Waals surface area contributed by atoms with E-state index >= 15 is 0 Å². The largest absolute Gasteiger partial charge is 0.508 e. The van der Waals surface area contributed by atoms with Crippen LogP contribution in [-0.2, 0) is 16.6 Å². The fraction of sp³-hybridized carbons (Fsp3) is 0.727. The maximum atomic E-state index is 13.7. The summed E-state index contributed by atoms with van der Waals surface area (Å²) in [6.07, 6.45) is 16.8. The number of carbonyl (C=O) groups excluding carboxylic acids is 1. The molecule has 39 heavy (non-hydrogen) atoms. The van der Waals surface area contributed by atoms with E-state index in [-0.39, 0.29) is 23.5 Å². The molecule has 3 aliphatic carbocycles. The van der Waals surface area contributed by atoms with E-state index in [1.807, 2.05) is 6.08 Å². The number of likely N-dealkylation sites (N-methyl/N-ethyl adjacent to an activating group) is 1. The molecule has 2 heterocycles. The number of phenolic OH excluding ortho intramolecular Hbond substituents is 1. The van der Waals surface area contributed by atoms with Gasteiger partial charge in [-0.3, -0.25) is 9.69 Å². The number of carbonyl (C=O) groups is 1. The van der Waals surface area contributed by atoms with Crippen molar-refractivity contribution in [3.63, 3.8) is 0 Å². The van der Waals surface area contributed by atoms with E-state index in [1.165, 1.54) is 44.1 Å². The number of phenols is 1. The van der Waals surface area contributed by atoms with Crippen molar-refractivity contribution in [1.82, 2.24) is 9.80 Å². The van der Waals surface area contributed by atoms with Crippen LogP contribution >= 0.6 is 0 Å². The second-order valence-corrected chi connectivity index (χ2v) is 12.8. The number of piperidine rings is 1. The number of amides is 1. The molecular weight excluding hydrogens is 488 g/mol. The minimum atomic E-state index is -0.186. The normalized spacial score (nSPS) is 31.3. The highest BCUT2D eigenvalue weighted by molar-refractivity contribution is 5.77. The third-order valence-electron chi connectivity index (χ3n) is 11.1. The highest BCUT2D eigenvalue weighted by Gasteiger charge is 2.67. The van der Waals surface area contributed by atoms with Crippen molar-refractivity contribution in [1.29, 1.82) is 0 Å². The van der Waals surface area contributed by atoms with Crippen LogP contribution in [0, 0.1) is 11.8 Å². The fourth-order valence-electron chi connectivity index (χ4n) is 9.44. The Labute approximate surface area is 234 Å². The third kappa shape index (κ3) is 4.36. The Kier molecular flexibility index (Phi) is 7.60. The number of unbranched alkanes of at least 4 members (excludes halogenated alkanes) is 1. The highest BCUT2D eigenvalue weighted by atomic mass is 16.5. The molecule has 1 spiro atoms. The smallest absolute Gasteiger partial charge is 0.222 e. The Morgan fingerprint density at radius 2 is 2.08 bits per heavy atom. The number of nitrogens with zero attached hydrogens (tertiary/aromatic N) is 2. The average Bonchev–Trinajstić information content (AvgIpc) is 3.29. The fourth-order valence-corrected chi connectivity index (χ4v) is 9.44. The molecule has 0 aromatic heterocycles. The molecular formula is C33H48N2O4. The highest BCUT2D eigenvalue weighted by Crippen LogP contribution is 2.65. The Morgan fingerprint density at radius 3 is 2.82 bits per heavy atom. The average molecular weight is 537 g/mol. The van der Waals surface area contributed by atoms with Crippen LogP contribution in [0.3, 0.4) is 0 Å². The van der Waals surface area contributed by atoms with Gasteiger partial charge in [-0.15, -0.1) is 6.58 Å². The Morgan fingerprint density at radius 1 is 1.26 bits per heavy atom. The Hall–Kier alpha value is -2.21. The van der Waals surface area contributed by atoms with Crippen LogP contribution in [0.1, 0.15) is 95.1 Å². The quantitative estimate of drug-likeness (QED) is 0.294. The molecule has 0 unspecified atom stereocenters. The molecule has 5 aliphatic rings. The molecule has 6 nitrogen and oxygen atoms in total. The maximum Gasteiger partial charge on any atom is 0.222 e. The van der Waals surface area contributed by atoms with E-state index in [0.717, 1.165) is 68.8 Å². The lowest BCUT2D eigenvalue weighted by Crippen LogP contribution is -2.69. The van der Waals surface area contributed by atoms with Crippen molar-refractivity contribution in [2.75, 3.05) is 26.7 Å². The number of rotatable bonds is 10. The summed E-state index contributed by atoms with van der Waals surface area (Å²) in [6, 6.07) is 2.14. The van der Waals surface area contributed by atoms with Gasteiger partial charge in [0.05, 0.1) is 13.2 Å². The van der Waals surface area contributed by atoms with Crippen molar-refractivity contribution in [2.45, 2.75) is 114 Å². The SMILES string of the molecule is C=CCN1CC[C@]23c4c5c(O)cc(OC)c4O[C@H]2[C@H](N(CC)C(=O)CCCCC2CCCCC2)CC[C@H]3[C@H]1C5. The van der Waals surface area contributed by atoms with Crippen molar-refractivity contribution >= 4 is 5.91 Å². The number of hydrogen-bond donors (Lipinski definition) is 1. The van der Waals surface area contributed by atoms with Gasteiger partial charge in [-0.05, 0) is 57.4 Å². The van der Waals surface area contributed by atoms with Gasteiger partial charge in [0.1, 0.15) is 11.9 Å². The molecule has 1 amide bonds. The molecule has 1 aromatic carbocycles. The first-order chi connectivity index (χ1) is 19.0. The predicted molar refractivity (Wildman–Crippen MR) is 154 cm³/mol. The molecule has 1 aromatic rings. The van der Waals surface area contributed by atoms with E-state index in [2.05, 4.69) is 23.3 Å². The summed E-state index contributed by atoms with van der Waals surface area (Å²) < 4.78 is 12.7. The lowest BCUT2D eigenvalue weighted by molar-refractivity contribution is -0.142. The van der Waals surface area contributed by atoms with Crippen molar-refractivity contribution < 1.29 is 19.4 Å². The molecule has 1 saturated heterocycles. The van der Waals surface area contributed by atoms with Gasteiger partial charge in [-0.25, -0.2) is 0 Å². The van der Waals surface area contributed by atoms with Crippen LogP contribution in [-0.4, -0.2) is 65.7 Å². The zero-order valence-electron chi connectivity index (χ0n) is 24.1. The van der Waals surface area contributed by atoms with E-state index in [4.69, 9.17) is 9.47 Å². The molecule has 6 rings (SSSR count). The zero-order valence-corrected chi connectivity index (χ0v) is 24.1. The van der Waals surface area contributed by atoms with Crippen molar-refractivity contribution in [3.8, 4) is 17.2 Å². The lowest BCUT2D eigenvalue weighted by Gasteiger charge is -2.60. The van der Waals surface area contributed by atoms with Gasteiger partial charge in [0.25, 0.3) is 0 Å². The van der Waals surface area contributed by atoms with Crippen LogP contribution in [0.2, 0.25) is 0 Å². The second kappa shape index (κ2) is 11.0. The van der Waals surface area contributed by atoms with Crippen LogP contribution in [0.25, 0.3) is 0 Å².